The molecule has 1 aromatic carbocycles. The second kappa shape index (κ2) is 11.1. The molecule has 0 amide bonds. The van der Waals surface area contributed by atoms with Crippen molar-refractivity contribution < 1.29 is 14.2 Å². The van der Waals surface area contributed by atoms with E-state index in [1.165, 1.54) is 6.42 Å². The van der Waals surface area contributed by atoms with Gasteiger partial charge in [0.05, 0.1) is 25.4 Å². The average molecular weight is 376 g/mol. The van der Waals surface area contributed by atoms with Crippen LogP contribution in [0.1, 0.15) is 44.6 Å². The fourth-order valence-corrected chi connectivity index (χ4v) is 3.10. The lowest BCUT2D eigenvalue weighted by atomic mass is 9.96. The van der Waals surface area contributed by atoms with E-state index in [9.17, 15) is 0 Å². The monoisotopic (exact) mass is 375 g/mol. The molecule has 1 saturated carbocycles. The molecule has 1 heterocycles. The van der Waals surface area contributed by atoms with E-state index in [1.807, 2.05) is 18.2 Å². The molecule has 1 saturated heterocycles. The van der Waals surface area contributed by atoms with E-state index >= 15 is 0 Å². The van der Waals surface area contributed by atoms with Crippen LogP contribution in [0.2, 0.25) is 0 Å². The molecule has 6 nitrogen and oxygen atoms in total. The normalized spacial score (nSPS) is 20.3. The van der Waals surface area contributed by atoms with Crippen LogP contribution < -0.4 is 15.4 Å². The van der Waals surface area contributed by atoms with Crippen LogP contribution in [-0.2, 0) is 16.0 Å². The van der Waals surface area contributed by atoms with Gasteiger partial charge in [0.15, 0.2) is 5.96 Å². The zero-order valence-electron chi connectivity index (χ0n) is 16.4. The zero-order valence-corrected chi connectivity index (χ0v) is 16.4. The summed E-state index contributed by atoms with van der Waals surface area (Å²) in [5.41, 5.74) is 1.13. The fraction of sp³-hybridized carbons (Fsp3) is 0.667. The molecule has 0 spiro atoms. The van der Waals surface area contributed by atoms with Crippen molar-refractivity contribution in [1.82, 2.24) is 10.6 Å². The Morgan fingerprint density at radius 3 is 2.81 bits per heavy atom. The maximum Gasteiger partial charge on any atom is 0.191 e. The van der Waals surface area contributed by atoms with Crippen molar-refractivity contribution in [1.29, 1.82) is 0 Å². The van der Waals surface area contributed by atoms with Gasteiger partial charge in [-0.2, -0.15) is 0 Å². The molecular weight excluding hydrogens is 342 g/mol. The summed E-state index contributed by atoms with van der Waals surface area (Å²) in [4.78, 5) is 4.72. The second-order valence-corrected chi connectivity index (χ2v) is 7.11. The molecule has 1 unspecified atom stereocenters. The third kappa shape index (κ3) is 6.70. The number of nitrogens with one attached hydrogen (secondary N) is 2. The summed E-state index contributed by atoms with van der Waals surface area (Å²) in [7, 11) is 0. The highest BCUT2D eigenvalue weighted by Crippen LogP contribution is 2.27. The lowest BCUT2D eigenvalue weighted by Gasteiger charge is -2.27. The van der Waals surface area contributed by atoms with Crippen molar-refractivity contribution in [3.05, 3.63) is 29.8 Å². The molecule has 0 radical (unpaired) electrons. The first-order valence-corrected chi connectivity index (χ1v) is 10.3. The van der Waals surface area contributed by atoms with Crippen molar-refractivity contribution >= 4 is 5.96 Å². The lowest BCUT2D eigenvalue weighted by molar-refractivity contribution is 0.0420. The summed E-state index contributed by atoms with van der Waals surface area (Å²) in [6.07, 6.45) is 6.22. The molecule has 2 fully saturated rings. The Morgan fingerprint density at radius 2 is 2.07 bits per heavy atom. The van der Waals surface area contributed by atoms with E-state index in [1.54, 1.807) is 0 Å². The predicted octanol–water partition coefficient (Wildman–Crippen LogP) is 2.87. The minimum absolute atomic E-state index is 0.277. The predicted molar refractivity (Wildman–Crippen MR) is 107 cm³/mol. The van der Waals surface area contributed by atoms with Gasteiger partial charge in [-0.05, 0) is 45.1 Å². The summed E-state index contributed by atoms with van der Waals surface area (Å²) in [6.45, 7) is 6.66. The van der Waals surface area contributed by atoms with Gasteiger partial charge in [-0.25, -0.2) is 4.99 Å². The molecule has 1 aliphatic carbocycles. The van der Waals surface area contributed by atoms with Crippen LogP contribution >= 0.6 is 0 Å². The topological polar surface area (TPSA) is 64.1 Å². The molecule has 2 aliphatic rings. The molecule has 150 valence electrons. The van der Waals surface area contributed by atoms with Crippen LogP contribution in [0.25, 0.3) is 0 Å². The molecule has 1 atom stereocenters. The van der Waals surface area contributed by atoms with Gasteiger partial charge >= 0.3 is 0 Å². The Balaban J connectivity index is 1.43. The number of rotatable bonds is 10. The smallest absolute Gasteiger partial charge is 0.191 e. The van der Waals surface area contributed by atoms with E-state index < -0.39 is 0 Å². The quantitative estimate of drug-likeness (QED) is 0.374. The molecule has 27 heavy (non-hydrogen) atoms. The van der Waals surface area contributed by atoms with E-state index in [-0.39, 0.29) is 6.10 Å². The van der Waals surface area contributed by atoms with Gasteiger partial charge in [0, 0.05) is 31.9 Å². The maximum atomic E-state index is 6.10. The van der Waals surface area contributed by atoms with Gasteiger partial charge in [0.1, 0.15) is 5.75 Å². The number of aliphatic imine (C=N–C) groups is 1. The number of ether oxygens (including phenoxy) is 3. The molecular formula is C21H33N3O3. The van der Waals surface area contributed by atoms with Crippen molar-refractivity contribution in [2.45, 2.75) is 57.8 Å². The number of nitrogens with zero attached hydrogens (tertiary/aromatic N) is 1. The third-order valence-corrected chi connectivity index (χ3v) is 4.93. The number of guanidine groups is 1. The van der Waals surface area contributed by atoms with Gasteiger partial charge in [-0.1, -0.05) is 18.2 Å². The van der Waals surface area contributed by atoms with E-state index in [0.29, 0.717) is 12.6 Å². The first-order valence-electron chi connectivity index (χ1n) is 10.3. The Bertz CT molecular complexity index is 584. The molecule has 3 rings (SSSR count). The van der Waals surface area contributed by atoms with Crippen LogP contribution in [0.4, 0.5) is 0 Å². The first-order chi connectivity index (χ1) is 13.3. The van der Waals surface area contributed by atoms with Crippen molar-refractivity contribution in [2.75, 3.05) is 32.9 Å². The summed E-state index contributed by atoms with van der Waals surface area (Å²) in [6, 6.07) is 8.22. The van der Waals surface area contributed by atoms with Gasteiger partial charge in [0.2, 0.25) is 0 Å². The highest BCUT2D eigenvalue weighted by molar-refractivity contribution is 5.79. The SMILES string of the molecule is CCNC(=NCc1ccccc1OC1CCC1)NCCCOC1CCOC1. The third-order valence-electron chi connectivity index (χ3n) is 4.93. The van der Waals surface area contributed by atoms with Gasteiger partial charge in [-0.3, -0.25) is 0 Å². The fourth-order valence-electron chi connectivity index (χ4n) is 3.10. The first kappa shape index (κ1) is 20.0. The minimum atomic E-state index is 0.277. The Kier molecular flexibility index (Phi) is 8.24. The molecule has 2 N–H and O–H groups in total. The zero-order chi connectivity index (χ0) is 18.7. The number of para-hydroxylation sites is 1. The van der Waals surface area contributed by atoms with E-state index in [2.05, 4.69) is 23.6 Å². The van der Waals surface area contributed by atoms with Gasteiger partial charge in [0.25, 0.3) is 0 Å². The van der Waals surface area contributed by atoms with Crippen molar-refractivity contribution in [3.63, 3.8) is 0 Å². The minimum Gasteiger partial charge on any atom is -0.490 e. The van der Waals surface area contributed by atoms with E-state index in [4.69, 9.17) is 19.2 Å². The summed E-state index contributed by atoms with van der Waals surface area (Å²) in [5.74, 6) is 1.80. The maximum absolute atomic E-state index is 6.10. The molecule has 1 aliphatic heterocycles. The number of hydrogen-bond donors (Lipinski definition) is 2. The standard InChI is InChI=1S/C21H33N3O3/c1-2-22-21(23-12-6-13-26-19-11-14-25-16-19)24-15-17-7-3-4-10-20(17)27-18-8-5-9-18/h3-4,7,10,18-19H,2,5-6,8-9,11-16H2,1H3,(H2,22,23,24). The van der Waals surface area contributed by atoms with Crippen LogP contribution in [0.5, 0.6) is 5.75 Å². The number of benzene rings is 1. The Morgan fingerprint density at radius 1 is 1.19 bits per heavy atom. The average Bonchev–Trinajstić information content (AvgIpc) is 3.16. The molecule has 1 aromatic rings. The van der Waals surface area contributed by atoms with Crippen LogP contribution in [0.3, 0.4) is 0 Å². The van der Waals surface area contributed by atoms with Gasteiger partial charge < -0.3 is 24.8 Å². The van der Waals surface area contributed by atoms with Crippen molar-refractivity contribution in [3.8, 4) is 5.75 Å². The molecule has 0 aromatic heterocycles. The van der Waals surface area contributed by atoms with Gasteiger partial charge in [-0.15, -0.1) is 0 Å². The van der Waals surface area contributed by atoms with Crippen molar-refractivity contribution in [2.24, 2.45) is 4.99 Å². The van der Waals surface area contributed by atoms with Crippen LogP contribution in [0.15, 0.2) is 29.3 Å². The highest BCUT2D eigenvalue weighted by Gasteiger charge is 2.20. The highest BCUT2D eigenvalue weighted by atomic mass is 16.5. The largest absolute Gasteiger partial charge is 0.490 e. The second-order valence-electron chi connectivity index (χ2n) is 7.11. The lowest BCUT2D eigenvalue weighted by Crippen LogP contribution is -2.38. The summed E-state index contributed by atoms with van der Waals surface area (Å²) < 4.78 is 17.2. The van der Waals surface area contributed by atoms with Crippen LogP contribution in [0, 0.1) is 0 Å². The Labute approximate surface area is 162 Å². The Hall–Kier alpha value is -1.79. The molecule has 6 heteroatoms. The van der Waals surface area contributed by atoms with Crippen LogP contribution in [-0.4, -0.2) is 51.1 Å². The summed E-state index contributed by atoms with van der Waals surface area (Å²) in [5, 5.41) is 6.69. The molecule has 0 bridgehead atoms. The van der Waals surface area contributed by atoms with E-state index in [0.717, 1.165) is 75.9 Å². The summed E-state index contributed by atoms with van der Waals surface area (Å²) >= 11 is 0. The number of hydrogen-bond acceptors (Lipinski definition) is 4.